The fraction of sp³-hybridized carbons (Fsp3) is 0.280. The zero-order valence-corrected chi connectivity index (χ0v) is 18.2. The van der Waals surface area contributed by atoms with E-state index in [0.29, 0.717) is 23.7 Å². The fourth-order valence-electron chi connectivity index (χ4n) is 3.17. The van der Waals surface area contributed by atoms with Gasteiger partial charge < -0.3 is 23.9 Å². The molecule has 1 N–H and O–H groups in total. The number of nitrogens with one attached hydrogen (secondary N) is 1. The Kier molecular flexibility index (Phi) is 8.31. The van der Waals surface area contributed by atoms with E-state index in [4.69, 9.17) is 18.6 Å². The molecule has 0 saturated heterocycles. The van der Waals surface area contributed by atoms with Gasteiger partial charge in [0, 0.05) is 6.54 Å². The van der Waals surface area contributed by atoms with Crippen LogP contribution >= 0.6 is 0 Å². The molecule has 1 heterocycles. The summed E-state index contributed by atoms with van der Waals surface area (Å²) in [5.74, 6) is 0.580. The molecule has 32 heavy (non-hydrogen) atoms. The Morgan fingerprint density at radius 3 is 2.41 bits per heavy atom. The minimum atomic E-state index is -0.496. The van der Waals surface area contributed by atoms with Crippen molar-refractivity contribution >= 4 is 11.9 Å². The van der Waals surface area contributed by atoms with Crippen molar-refractivity contribution in [2.24, 2.45) is 5.92 Å². The molecule has 7 heteroatoms. The molecular weight excluding hydrogens is 410 g/mol. The van der Waals surface area contributed by atoms with Crippen LogP contribution in [0.3, 0.4) is 0 Å². The van der Waals surface area contributed by atoms with E-state index in [1.54, 1.807) is 38.3 Å². The fourth-order valence-corrected chi connectivity index (χ4v) is 3.17. The first kappa shape index (κ1) is 22.9. The molecular formula is C25H27NO6. The van der Waals surface area contributed by atoms with Gasteiger partial charge in [0.25, 0.3) is 5.91 Å². The number of methoxy groups -OCH3 is 1. The van der Waals surface area contributed by atoms with Crippen molar-refractivity contribution in [3.8, 4) is 11.5 Å². The maximum absolute atomic E-state index is 12.6. The van der Waals surface area contributed by atoms with Crippen molar-refractivity contribution in [3.05, 3.63) is 83.8 Å². The number of rotatable bonds is 11. The molecule has 2 aromatic carbocycles. The molecule has 1 aromatic heterocycles. The maximum atomic E-state index is 12.6. The predicted octanol–water partition coefficient (Wildman–Crippen LogP) is 4.02. The van der Waals surface area contributed by atoms with Crippen molar-refractivity contribution in [2.45, 2.75) is 20.0 Å². The quantitative estimate of drug-likeness (QED) is 0.456. The number of ether oxygens (including phenoxy) is 3. The van der Waals surface area contributed by atoms with E-state index in [2.05, 4.69) is 5.32 Å². The van der Waals surface area contributed by atoms with E-state index < -0.39 is 11.8 Å². The first-order chi connectivity index (χ1) is 15.6. The highest BCUT2D eigenvalue weighted by molar-refractivity contribution is 5.91. The monoisotopic (exact) mass is 437 g/mol. The average molecular weight is 437 g/mol. The predicted molar refractivity (Wildman–Crippen MR) is 119 cm³/mol. The summed E-state index contributed by atoms with van der Waals surface area (Å²) in [5.41, 5.74) is 0.994. The normalized spacial score (nSPS) is 11.4. The molecule has 1 unspecified atom stereocenters. The van der Waals surface area contributed by atoms with Gasteiger partial charge >= 0.3 is 5.97 Å². The number of carbonyl (C=O) groups is 2. The second kappa shape index (κ2) is 11.6. The lowest BCUT2D eigenvalue weighted by atomic mass is 9.99. The van der Waals surface area contributed by atoms with Crippen molar-refractivity contribution in [2.75, 3.05) is 20.3 Å². The lowest BCUT2D eigenvalue weighted by Gasteiger charge is -2.16. The van der Waals surface area contributed by atoms with Gasteiger partial charge in [-0.1, -0.05) is 42.5 Å². The highest BCUT2D eigenvalue weighted by Gasteiger charge is 2.22. The molecule has 0 aliphatic rings. The summed E-state index contributed by atoms with van der Waals surface area (Å²) in [4.78, 5) is 24.9. The summed E-state index contributed by atoms with van der Waals surface area (Å²) in [6, 6.07) is 20.1. The largest absolute Gasteiger partial charge is 0.493 e. The molecule has 168 valence electrons. The van der Waals surface area contributed by atoms with Gasteiger partial charge in [0.1, 0.15) is 12.4 Å². The minimum Gasteiger partial charge on any atom is -0.493 e. The second-order valence-corrected chi connectivity index (χ2v) is 7.05. The Bertz CT molecular complexity index is 1010. The summed E-state index contributed by atoms with van der Waals surface area (Å²) < 4.78 is 21.7. The first-order valence-electron chi connectivity index (χ1n) is 10.4. The lowest BCUT2D eigenvalue weighted by molar-refractivity contribution is -0.147. The van der Waals surface area contributed by atoms with Crippen molar-refractivity contribution < 1.29 is 28.2 Å². The first-order valence-corrected chi connectivity index (χ1v) is 10.4. The molecule has 3 aromatic rings. The van der Waals surface area contributed by atoms with Gasteiger partial charge in [-0.2, -0.15) is 0 Å². The number of hydrogen-bond donors (Lipinski definition) is 1. The standard InChI is InChI=1S/C25H27NO6/c1-3-30-25(28)19(15-18-9-5-4-6-10-18)16-26-24(27)23-14-13-20(32-23)17-31-22-12-8-7-11-21(22)29-2/h4-14,19H,3,15-17H2,1-2H3,(H,26,27). The van der Waals surface area contributed by atoms with Crippen LogP contribution in [0, 0.1) is 5.92 Å². The van der Waals surface area contributed by atoms with E-state index in [1.807, 2.05) is 42.5 Å². The third-order valence-corrected chi connectivity index (χ3v) is 4.78. The zero-order chi connectivity index (χ0) is 22.8. The smallest absolute Gasteiger partial charge is 0.311 e. The molecule has 0 radical (unpaired) electrons. The Balaban J connectivity index is 1.57. The number of furan rings is 1. The van der Waals surface area contributed by atoms with E-state index in [1.165, 1.54) is 0 Å². The van der Waals surface area contributed by atoms with Gasteiger partial charge in [-0.05, 0) is 43.2 Å². The Hall–Kier alpha value is -3.74. The molecule has 0 bridgehead atoms. The van der Waals surface area contributed by atoms with Crippen LogP contribution < -0.4 is 14.8 Å². The van der Waals surface area contributed by atoms with Gasteiger partial charge in [0.15, 0.2) is 17.3 Å². The Labute approximate surface area is 187 Å². The van der Waals surface area contributed by atoms with E-state index in [9.17, 15) is 9.59 Å². The van der Waals surface area contributed by atoms with E-state index in [-0.39, 0.29) is 31.5 Å². The molecule has 3 rings (SSSR count). The van der Waals surface area contributed by atoms with Crippen LogP contribution in [0.2, 0.25) is 0 Å². The Morgan fingerprint density at radius 1 is 0.969 bits per heavy atom. The van der Waals surface area contributed by atoms with Crippen LogP contribution in [0.5, 0.6) is 11.5 Å². The highest BCUT2D eigenvalue weighted by atomic mass is 16.5. The summed E-state index contributed by atoms with van der Waals surface area (Å²) in [6.07, 6.45) is 0.468. The topological polar surface area (TPSA) is 87.0 Å². The van der Waals surface area contributed by atoms with Crippen LogP contribution in [-0.4, -0.2) is 32.1 Å². The third-order valence-electron chi connectivity index (χ3n) is 4.78. The lowest BCUT2D eigenvalue weighted by Crippen LogP contribution is -2.35. The number of amides is 1. The van der Waals surface area contributed by atoms with E-state index >= 15 is 0 Å². The number of para-hydroxylation sites is 2. The highest BCUT2D eigenvalue weighted by Crippen LogP contribution is 2.26. The summed E-state index contributed by atoms with van der Waals surface area (Å²) in [6.45, 7) is 2.33. The molecule has 0 fully saturated rings. The number of hydrogen-bond acceptors (Lipinski definition) is 6. The van der Waals surface area contributed by atoms with Gasteiger partial charge in [0.05, 0.1) is 19.6 Å². The van der Waals surface area contributed by atoms with Crippen LogP contribution in [0.4, 0.5) is 0 Å². The van der Waals surface area contributed by atoms with E-state index in [0.717, 1.165) is 5.56 Å². The molecule has 1 amide bonds. The van der Waals surface area contributed by atoms with Crippen LogP contribution in [0.1, 0.15) is 28.8 Å². The molecule has 1 atom stereocenters. The molecule has 0 aliphatic carbocycles. The number of benzene rings is 2. The van der Waals surface area contributed by atoms with Crippen LogP contribution in [0.25, 0.3) is 0 Å². The number of esters is 1. The molecule has 0 saturated carbocycles. The zero-order valence-electron chi connectivity index (χ0n) is 18.2. The Morgan fingerprint density at radius 2 is 1.69 bits per heavy atom. The maximum Gasteiger partial charge on any atom is 0.311 e. The van der Waals surface area contributed by atoms with Gasteiger partial charge in [-0.3, -0.25) is 9.59 Å². The van der Waals surface area contributed by atoms with Gasteiger partial charge in [-0.25, -0.2) is 0 Å². The number of carbonyl (C=O) groups excluding carboxylic acids is 2. The molecule has 7 nitrogen and oxygen atoms in total. The molecule has 0 spiro atoms. The van der Waals surface area contributed by atoms with Crippen LogP contribution in [0.15, 0.2) is 71.1 Å². The average Bonchev–Trinajstić information content (AvgIpc) is 3.30. The van der Waals surface area contributed by atoms with Crippen LogP contribution in [-0.2, 0) is 22.6 Å². The minimum absolute atomic E-state index is 0.139. The van der Waals surface area contributed by atoms with Crippen molar-refractivity contribution in [3.63, 3.8) is 0 Å². The van der Waals surface area contributed by atoms with Gasteiger partial charge in [0.2, 0.25) is 0 Å². The SMILES string of the molecule is CCOC(=O)C(CNC(=O)c1ccc(COc2ccccc2OC)o1)Cc1ccccc1. The van der Waals surface area contributed by atoms with Crippen molar-refractivity contribution in [1.82, 2.24) is 5.32 Å². The summed E-state index contributed by atoms with van der Waals surface area (Å²) >= 11 is 0. The van der Waals surface area contributed by atoms with Crippen molar-refractivity contribution in [1.29, 1.82) is 0 Å². The summed E-state index contributed by atoms with van der Waals surface area (Å²) in [7, 11) is 1.57. The molecule has 0 aliphatic heterocycles. The van der Waals surface area contributed by atoms with Gasteiger partial charge in [-0.15, -0.1) is 0 Å². The second-order valence-electron chi connectivity index (χ2n) is 7.05. The summed E-state index contributed by atoms with van der Waals surface area (Å²) in [5, 5.41) is 2.77. The third kappa shape index (κ3) is 6.38.